The van der Waals surface area contributed by atoms with Crippen LogP contribution in [-0.4, -0.2) is 33.6 Å². The monoisotopic (exact) mass is 482 g/mol. The summed E-state index contributed by atoms with van der Waals surface area (Å²) in [7, 11) is 1.72. The van der Waals surface area contributed by atoms with E-state index in [1.165, 1.54) is 12.1 Å². The number of carbonyl (C=O) groups excluding carboxylic acids is 1. The second-order valence-electron chi connectivity index (χ2n) is 8.05. The Morgan fingerprint density at radius 2 is 1.77 bits per heavy atom. The normalized spacial score (nSPS) is 10.9. The van der Waals surface area contributed by atoms with Gasteiger partial charge in [0.25, 0.3) is 5.91 Å². The van der Waals surface area contributed by atoms with Gasteiger partial charge in [-0.3, -0.25) is 15.2 Å². The number of carboxylic acids is 1. The first-order chi connectivity index (χ1) is 17.0. The highest BCUT2D eigenvalue weighted by Crippen LogP contribution is 2.26. The van der Waals surface area contributed by atoms with E-state index >= 15 is 0 Å². The first-order valence-electron chi connectivity index (χ1n) is 11.0. The molecule has 2 N–H and O–H groups in total. The van der Waals surface area contributed by atoms with Crippen molar-refractivity contribution >= 4 is 39.8 Å². The summed E-state index contributed by atoms with van der Waals surface area (Å²) in [4.78, 5) is 29.1. The standard InChI is InChI=1S/C27H22N4O3S/c1-30(22-12-10-20(11-13-22)27(33)34)29-25(32)23-9-5-8-18-14-15-31(24(18)23)16-21-17-35-26(28-21)19-6-3-2-4-7-19/h2-15,17H,16H2,1H3,(H,29,32)(H,33,34). The van der Waals surface area contributed by atoms with Crippen LogP contribution in [0.3, 0.4) is 0 Å². The highest BCUT2D eigenvalue weighted by Gasteiger charge is 2.16. The highest BCUT2D eigenvalue weighted by atomic mass is 32.1. The fourth-order valence-electron chi connectivity index (χ4n) is 3.95. The molecule has 8 heteroatoms. The molecular weight excluding hydrogens is 460 g/mol. The number of carbonyl (C=O) groups is 2. The molecule has 0 atom stereocenters. The minimum atomic E-state index is -0.994. The molecule has 0 unspecified atom stereocenters. The molecule has 0 saturated heterocycles. The molecule has 0 saturated carbocycles. The number of nitrogens with one attached hydrogen (secondary N) is 1. The number of hydrazine groups is 1. The number of hydrogen-bond acceptors (Lipinski definition) is 5. The average molecular weight is 483 g/mol. The summed E-state index contributed by atoms with van der Waals surface area (Å²) < 4.78 is 2.04. The molecule has 0 aliphatic heterocycles. The van der Waals surface area contributed by atoms with Crippen molar-refractivity contribution in [3.05, 3.63) is 107 Å². The minimum absolute atomic E-state index is 0.188. The average Bonchev–Trinajstić information content (AvgIpc) is 3.52. The van der Waals surface area contributed by atoms with E-state index < -0.39 is 5.97 Å². The molecule has 2 heterocycles. The Hall–Kier alpha value is -4.43. The third kappa shape index (κ3) is 4.64. The van der Waals surface area contributed by atoms with Crippen LogP contribution in [0.5, 0.6) is 0 Å². The molecular formula is C27H22N4O3S. The van der Waals surface area contributed by atoms with Crippen molar-refractivity contribution in [2.24, 2.45) is 0 Å². The Kier molecular flexibility index (Phi) is 6.03. The van der Waals surface area contributed by atoms with Crippen molar-refractivity contribution in [1.29, 1.82) is 0 Å². The van der Waals surface area contributed by atoms with E-state index in [2.05, 4.69) is 5.43 Å². The van der Waals surface area contributed by atoms with Crippen LogP contribution in [0.4, 0.5) is 5.69 Å². The van der Waals surface area contributed by atoms with E-state index in [9.17, 15) is 9.59 Å². The van der Waals surface area contributed by atoms with Crippen LogP contribution >= 0.6 is 11.3 Å². The summed E-state index contributed by atoms with van der Waals surface area (Å²) in [6, 6.07) is 24.0. The van der Waals surface area contributed by atoms with Crippen molar-refractivity contribution < 1.29 is 14.7 Å². The molecule has 0 spiro atoms. The topological polar surface area (TPSA) is 87.5 Å². The number of aromatic carboxylic acids is 1. The first kappa shape index (κ1) is 22.4. The number of benzene rings is 3. The van der Waals surface area contributed by atoms with Gasteiger partial charge in [-0.05, 0) is 36.4 Å². The molecule has 0 aliphatic carbocycles. The Labute approximate surface area is 205 Å². The molecule has 5 rings (SSSR count). The molecule has 0 bridgehead atoms. The van der Waals surface area contributed by atoms with Crippen LogP contribution in [0.2, 0.25) is 0 Å². The fraction of sp³-hybridized carbons (Fsp3) is 0.0741. The van der Waals surface area contributed by atoms with Gasteiger partial charge in [0.05, 0.1) is 34.6 Å². The van der Waals surface area contributed by atoms with Gasteiger partial charge in [0.15, 0.2) is 0 Å². The van der Waals surface area contributed by atoms with Gasteiger partial charge in [-0.1, -0.05) is 42.5 Å². The van der Waals surface area contributed by atoms with Gasteiger partial charge in [0, 0.05) is 29.6 Å². The molecule has 1 amide bonds. The minimum Gasteiger partial charge on any atom is -0.478 e. The maximum Gasteiger partial charge on any atom is 0.335 e. The van der Waals surface area contributed by atoms with Crippen molar-refractivity contribution in [1.82, 2.24) is 15.0 Å². The number of fused-ring (bicyclic) bond motifs is 1. The molecule has 0 radical (unpaired) electrons. The van der Waals surface area contributed by atoms with E-state index in [1.807, 2.05) is 64.7 Å². The van der Waals surface area contributed by atoms with Crippen LogP contribution in [0.25, 0.3) is 21.5 Å². The van der Waals surface area contributed by atoms with Crippen LogP contribution in [0, 0.1) is 0 Å². The number of rotatable bonds is 7. The number of nitrogens with zero attached hydrogens (tertiary/aromatic N) is 3. The summed E-state index contributed by atoms with van der Waals surface area (Å²) in [6.07, 6.45) is 1.97. The number of carboxylic acid groups (broad SMARTS) is 1. The Bertz CT molecular complexity index is 1510. The summed E-state index contributed by atoms with van der Waals surface area (Å²) >= 11 is 1.60. The maximum absolute atomic E-state index is 13.2. The smallest absolute Gasteiger partial charge is 0.335 e. The zero-order valence-electron chi connectivity index (χ0n) is 18.9. The lowest BCUT2D eigenvalue weighted by Crippen LogP contribution is -2.39. The second-order valence-corrected chi connectivity index (χ2v) is 8.91. The first-order valence-corrected chi connectivity index (χ1v) is 11.8. The number of anilines is 1. The maximum atomic E-state index is 13.2. The zero-order chi connectivity index (χ0) is 24.4. The third-order valence-corrected chi connectivity index (χ3v) is 6.65. The largest absolute Gasteiger partial charge is 0.478 e. The summed E-state index contributed by atoms with van der Waals surface area (Å²) in [6.45, 7) is 0.545. The van der Waals surface area contributed by atoms with Crippen molar-refractivity contribution in [2.75, 3.05) is 12.1 Å². The SMILES string of the molecule is CN(NC(=O)c1cccc2ccn(Cc3csc(-c4ccccc4)n3)c12)c1ccc(C(=O)O)cc1. The van der Waals surface area contributed by atoms with Gasteiger partial charge < -0.3 is 9.67 Å². The van der Waals surface area contributed by atoms with E-state index in [0.717, 1.165) is 27.2 Å². The molecule has 7 nitrogen and oxygen atoms in total. The third-order valence-electron chi connectivity index (χ3n) is 5.71. The van der Waals surface area contributed by atoms with Crippen molar-refractivity contribution in [2.45, 2.75) is 6.54 Å². The van der Waals surface area contributed by atoms with Crippen molar-refractivity contribution in [3.63, 3.8) is 0 Å². The van der Waals surface area contributed by atoms with E-state index in [-0.39, 0.29) is 11.5 Å². The quantitative estimate of drug-likeness (QED) is 0.308. The number of para-hydroxylation sites is 1. The lowest BCUT2D eigenvalue weighted by atomic mass is 10.1. The van der Waals surface area contributed by atoms with Crippen LogP contribution < -0.4 is 10.4 Å². The van der Waals surface area contributed by atoms with Gasteiger partial charge in [0.1, 0.15) is 5.01 Å². The summed E-state index contributed by atoms with van der Waals surface area (Å²) in [5.41, 5.74) is 7.12. The number of amides is 1. The zero-order valence-corrected chi connectivity index (χ0v) is 19.7. The lowest BCUT2D eigenvalue weighted by molar-refractivity contribution is 0.0696. The predicted octanol–water partition coefficient (Wildman–Crippen LogP) is 5.29. The molecule has 0 aliphatic rings. The van der Waals surface area contributed by atoms with Gasteiger partial charge >= 0.3 is 5.97 Å². The molecule has 0 fully saturated rings. The Morgan fingerprint density at radius 3 is 2.51 bits per heavy atom. The van der Waals surface area contributed by atoms with E-state index in [1.54, 1.807) is 41.6 Å². The van der Waals surface area contributed by atoms with E-state index in [0.29, 0.717) is 17.8 Å². The number of thiazole rings is 1. The second kappa shape index (κ2) is 9.44. The van der Waals surface area contributed by atoms with Gasteiger partial charge in [-0.2, -0.15) is 0 Å². The van der Waals surface area contributed by atoms with E-state index in [4.69, 9.17) is 10.1 Å². The van der Waals surface area contributed by atoms with Crippen LogP contribution in [0.15, 0.2) is 90.4 Å². The predicted molar refractivity (Wildman–Crippen MR) is 138 cm³/mol. The molecule has 2 aromatic heterocycles. The number of aromatic nitrogens is 2. The van der Waals surface area contributed by atoms with Crippen molar-refractivity contribution in [3.8, 4) is 10.6 Å². The Morgan fingerprint density at radius 1 is 1.00 bits per heavy atom. The summed E-state index contributed by atoms with van der Waals surface area (Å²) in [5.74, 6) is -1.25. The lowest BCUT2D eigenvalue weighted by Gasteiger charge is -2.21. The number of hydrogen-bond donors (Lipinski definition) is 2. The van der Waals surface area contributed by atoms with Gasteiger partial charge in [-0.15, -0.1) is 11.3 Å². The van der Waals surface area contributed by atoms with Gasteiger partial charge in [0.2, 0.25) is 0 Å². The molecule has 3 aromatic carbocycles. The molecule has 174 valence electrons. The Balaban J connectivity index is 1.38. The highest BCUT2D eigenvalue weighted by molar-refractivity contribution is 7.13. The summed E-state index contributed by atoms with van der Waals surface area (Å²) in [5, 5.41) is 14.6. The van der Waals surface area contributed by atoms with Gasteiger partial charge in [-0.25, -0.2) is 9.78 Å². The van der Waals surface area contributed by atoms with Crippen LogP contribution in [0.1, 0.15) is 26.4 Å². The molecule has 5 aromatic rings. The molecule has 35 heavy (non-hydrogen) atoms. The van der Waals surface area contributed by atoms with Crippen LogP contribution in [-0.2, 0) is 6.54 Å². The fourth-order valence-corrected chi connectivity index (χ4v) is 4.77.